The van der Waals surface area contributed by atoms with Gasteiger partial charge in [-0.05, 0) is 73.2 Å². The normalized spacial score (nSPS) is 17.6. The summed E-state index contributed by atoms with van der Waals surface area (Å²) < 4.78 is 5.67. The molecule has 0 aliphatic carbocycles. The molecule has 2 fully saturated rings. The number of pyridine rings is 1. The summed E-state index contributed by atoms with van der Waals surface area (Å²) >= 11 is 0. The molecule has 1 unspecified atom stereocenters. The number of benzene rings is 2. The van der Waals surface area contributed by atoms with Crippen LogP contribution in [-0.2, 0) is 17.8 Å². The first-order valence-electron chi connectivity index (χ1n) is 14.9. The van der Waals surface area contributed by atoms with Crippen LogP contribution in [-0.4, -0.2) is 79.8 Å². The van der Waals surface area contributed by atoms with Crippen LogP contribution in [0.25, 0.3) is 11.1 Å². The zero-order valence-electron chi connectivity index (χ0n) is 25.3. The van der Waals surface area contributed by atoms with Crippen molar-refractivity contribution in [3.63, 3.8) is 0 Å². The molecule has 2 saturated heterocycles. The lowest BCUT2D eigenvalue weighted by atomic mass is 9.95. The van der Waals surface area contributed by atoms with Crippen molar-refractivity contribution in [3.05, 3.63) is 86.3 Å². The molecule has 42 heavy (non-hydrogen) atoms. The van der Waals surface area contributed by atoms with Crippen LogP contribution in [0.1, 0.15) is 44.7 Å². The van der Waals surface area contributed by atoms with Crippen LogP contribution in [0.4, 0.5) is 5.69 Å². The topological polar surface area (TPSA) is 107 Å². The molecule has 3 aromatic rings. The maximum atomic E-state index is 13.6. The molecule has 9 nitrogen and oxygen atoms in total. The second-order valence-electron chi connectivity index (χ2n) is 11.7. The van der Waals surface area contributed by atoms with Gasteiger partial charge in [0.15, 0.2) is 0 Å². The number of aromatic nitrogens is 1. The van der Waals surface area contributed by atoms with Gasteiger partial charge in [-0.25, -0.2) is 0 Å². The van der Waals surface area contributed by atoms with Gasteiger partial charge < -0.3 is 25.7 Å². The van der Waals surface area contributed by atoms with E-state index >= 15 is 0 Å². The number of aromatic amines is 1. The summed E-state index contributed by atoms with van der Waals surface area (Å²) in [6, 6.07) is 15.0. The molecule has 0 saturated carbocycles. The lowest BCUT2D eigenvalue weighted by Gasteiger charge is -2.29. The highest BCUT2D eigenvalue weighted by Gasteiger charge is 2.25. The van der Waals surface area contributed by atoms with Gasteiger partial charge in [-0.15, -0.1) is 0 Å². The molecule has 2 aromatic carbocycles. The third-order valence-corrected chi connectivity index (χ3v) is 8.65. The number of hydrogen-bond donors (Lipinski definition) is 3. The van der Waals surface area contributed by atoms with Crippen molar-refractivity contribution in [2.45, 2.75) is 46.3 Å². The van der Waals surface area contributed by atoms with Crippen molar-refractivity contribution in [1.82, 2.24) is 20.1 Å². The minimum Gasteiger partial charge on any atom is -0.379 e. The van der Waals surface area contributed by atoms with Gasteiger partial charge in [0.05, 0.1) is 19.3 Å². The number of nitrogens with two attached hydrogens (primary N) is 1. The molecular weight excluding hydrogens is 528 g/mol. The van der Waals surface area contributed by atoms with Crippen LogP contribution in [0.2, 0.25) is 0 Å². The van der Waals surface area contributed by atoms with E-state index in [9.17, 15) is 9.59 Å². The average molecular weight is 573 g/mol. The Morgan fingerprint density at radius 2 is 1.86 bits per heavy atom. The van der Waals surface area contributed by atoms with Crippen molar-refractivity contribution in [2.75, 3.05) is 58.0 Å². The van der Waals surface area contributed by atoms with E-state index < -0.39 is 0 Å². The smallest absolute Gasteiger partial charge is 0.253 e. The Morgan fingerprint density at radius 1 is 1.10 bits per heavy atom. The number of H-pyrrole nitrogens is 1. The van der Waals surface area contributed by atoms with Crippen LogP contribution in [0.3, 0.4) is 0 Å². The van der Waals surface area contributed by atoms with Crippen LogP contribution in [0, 0.1) is 20.8 Å². The van der Waals surface area contributed by atoms with Crippen molar-refractivity contribution in [3.8, 4) is 11.1 Å². The Kier molecular flexibility index (Phi) is 9.43. The summed E-state index contributed by atoms with van der Waals surface area (Å²) in [7, 11) is 2.08. The number of hydrogen-bond acceptors (Lipinski definition) is 7. The predicted octanol–water partition coefficient (Wildman–Crippen LogP) is 3.16. The van der Waals surface area contributed by atoms with E-state index in [1.807, 2.05) is 32.9 Å². The van der Waals surface area contributed by atoms with Crippen molar-refractivity contribution in [1.29, 1.82) is 0 Å². The highest BCUT2D eigenvalue weighted by atomic mass is 16.5. The van der Waals surface area contributed by atoms with Crippen LogP contribution >= 0.6 is 0 Å². The molecular formula is C33H44N6O3. The molecule has 1 atom stereocenters. The third kappa shape index (κ3) is 6.76. The first-order chi connectivity index (χ1) is 20.2. The summed E-state index contributed by atoms with van der Waals surface area (Å²) in [5.41, 5.74) is 13.6. The van der Waals surface area contributed by atoms with E-state index in [1.54, 1.807) is 0 Å². The predicted molar refractivity (Wildman–Crippen MR) is 168 cm³/mol. The molecule has 9 heteroatoms. The molecule has 224 valence electrons. The van der Waals surface area contributed by atoms with Gasteiger partial charge in [0, 0.05) is 75.4 Å². The largest absolute Gasteiger partial charge is 0.379 e. The number of rotatable bonds is 10. The molecule has 1 aromatic heterocycles. The second-order valence-corrected chi connectivity index (χ2v) is 11.7. The molecule has 3 heterocycles. The van der Waals surface area contributed by atoms with Gasteiger partial charge in [0.25, 0.3) is 11.5 Å². The number of amides is 1. The Hall–Kier alpha value is -3.50. The SMILES string of the molecule is Cc1cc(C)c(CNC(=O)c2cc(-c3ccc(CN4CCN(CCN)C4)cc3)cc(N(C)C3CCOC3)c2C)c(=O)[nH]1. The van der Waals surface area contributed by atoms with Crippen molar-refractivity contribution in [2.24, 2.45) is 5.73 Å². The summed E-state index contributed by atoms with van der Waals surface area (Å²) in [6.07, 6.45) is 0.949. The van der Waals surface area contributed by atoms with Gasteiger partial charge in [0.1, 0.15) is 0 Å². The molecule has 0 spiro atoms. The summed E-state index contributed by atoms with van der Waals surface area (Å²) in [6.45, 7) is 12.9. The minimum absolute atomic E-state index is 0.166. The molecule has 2 aliphatic rings. The fourth-order valence-electron chi connectivity index (χ4n) is 6.12. The number of carbonyl (C=O) groups excluding carboxylic acids is 1. The number of nitrogens with zero attached hydrogens (tertiary/aromatic N) is 3. The number of nitrogens with one attached hydrogen (secondary N) is 2. The Labute approximate surface area is 248 Å². The van der Waals surface area contributed by atoms with E-state index in [-0.39, 0.29) is 24.1 Å². The minimum atomic E-state index is -0.196. The third-order valence-electron chi connectivity index (χ3n) is 8.65. The first-order valence-corrected chi connectivity index (χ1v) is 14.9. The summed E-state index contributed by atoms with van der Waals surface area (Å²) in [5, 5.41) is 3.01. The molecule has 0 radical (unpaired) electrons. The number of aryl methyl sites for hydroxylation is 2. The average Bonchev–Trinajstić information content (AvgIpc) is 3.66. The van der Waals surface area contributed by atoms with Crippen LogP contribution in [0.15, 0.2) is 47.3 Å². The number of carbonyl (C=O) groups is 1. The Morgan fingerprint density at radius 3 is 2.55 bits per heavy atom. The van der Waals surface area contributed by atoms with Crippen LogP contribution in [0.5, 0.6) is 0 Å². The summed E-state index contributed by atoms with van der Waals surface area (Å²) in [5.74, 6) is -0.196. The molecule has 0 bridgehead atoms. The standard InChI is InChI=1S/C33H44N6O3/c1-22-15-23(2)36-33(41)30(22)18-35-32(40)29-16-27(17-31(24(29)3)37(4)28-9-14-42-20-28)26-7-5-25(6-8-26)19-39-13-12-38(21-39)11-10-34/h5-8,15-17,28H,9-14,18-21,34H2,1-4H3,(H,35,40)(H,36,41). The zero-order valence-corrected chi connectivity index (χ0v) is 25.3. The van der Waals surface area contributed by atoms with Gasteiger partial charge in [-0.2, -0.15) is 0 Å². The van der Waals surface area contributed by atoms with Crippen molar-refractivity contribution >= 4 is 11.6 Å². The maximum Gasteiger partial charge on any atom is 0.253 e. The summed E-state index contributed by atoms with van der Waals surface area (Å²) in [4.78, 5) is 36.1. The Bertz CT molecular complexity index is 1460. The van der Waals surface area contributed by atoms with Gasteiger partial charge >= 0.3 is 0 Å². The highest BCUT2D eigenvalue weighted by molar-refractivity contribution is 5.99. The first kappa shape index (κ1) is 30.0. The second kappa shape index (κ2) is 13.2. The van der Waals surface area contributed by atoms with E-state index in [4.69, 9.17) is 10.5 Å². The van der Waals surface area contributed by atoms with E-state index in [0.29, 0.717) is 24.3 Å². The van der Waals surface area contributed by atoms with E-state index in [1.165, 1.54) is 5.56 Å². The molecule has 4 N–H and O–H groups in total. The monoisotopic (exact) mass is 572 g/mol. The highest BCUT2D eigenvalue weighted by Crippen LogP contribution is 2.33. The lowest BCUT2D eigenvalue weighted by molar-refractivity contribution is 0.0950. The number of anilines is 1. The van der Waals surface area contributed by atoms with Crippen LogP contribution < -0.4 is 21.5 Å². The van der Waals surface area contributed by atoms with Crippen molar-refractivity contribution < 1.29 is 9.53 Å². The number of ether oxygens (including phenoxy) is 1. The van der Waals surface area contributed by atoms with Gasteiger partial charge in [-0.3, -0.25) is 19.4 Å². The quantitative estimate of drug-likeness (QED) is 0.343. The zero-order chi connectivity index (χ0) is 29.8. The molecule has 5 rings (SSSR count). The van der Waals surface area contributed by atoms with Gasteiger partial charge in [0.2, 0.25) is 0 Å². The maximum absolute atomic E-state index is 13.6. The lowest BCUT2D eigenvalue weighted by Crippen LogP contribution is -2.33. The fourth-order valence-corrected chi connectivity index (χ4v) is 6.12. The number of likely N-dealkylation sites (N-methyl/N-ethyl adjacent to an activating group) is 1. The van der Waals surface area contributed by atoms with E-state index in [2.05, 4.69) is 62.4 Å². The molecule has 2 aliphatic heterocycles. The van der Waals surface area contributed by atoms with E-state index in [0.717, 1.165) is 79.5 Å². The Balaban J connectivity index is 1.40. The van der Waals surface area contributed by atoms with Gasteiger partial charge in [-0.1, -0.05) is 24.3 Å². The fraction of sp³-hybridized carbons (Fsp3) is 0.455. The molecule has 1 amide bonds.